The summed E-state index contributed by atoms with van der Waals surface area (Å²) < 4.78 is 16.1. The smallest absolute Gasteiger partial charge is 0.334 e. The van der Waals surface area contributed by atoms with Crippen LogP contribution in [-0.4, -0.2) is 47.4 Å². The highest BCUT2D eigenvalue weighted by Gasteiger charge is 2.59. The molecule has 0 bridgehead atoms. The lowest BCUT2D eigenvalue weighted by molar-refractivity contribution is -0.152. The standard InChI is InChI=1S/C19H22O7/c1-7-12-6-13(24-10(4)20)8(2)14(12)18-15(9(3)19(23)26-18)16(22)17(7)25-11(5)21/h12-18,22H,1-3,6H2,4-5H3/t12-,13-,14-,15+,16+,17+,18+/m0/s1. The van der Waals surface area contributed by atoms with Crippen LogP contribution in [0.1, 0.15) is 20.3 Å². The summed E-state index contributed by atoms with van der Waals surface area (Å²) in [5.41, 5.74) is 1.21. The summed E-state index contributed by atoms with van der Waals surface area (Å²) in [7, 11) is 0. The molecule has 0 radical (unpaired) electrons. The lowest BCUT2D eigenvalue weighted by atomic mass is 9.81. The molecule has 0 aromatic heterocycles. The predicted octanol–water partition coefficient (Wildman–Crippen LogP) is 1.07. The van der Waals surface area contributed by atoms with Crippen LogP contribution in [0, 0.1) is 17.8 Å². The Morgan fingerprint density at radius 2 is 1.69 bits per heavy atom. The summed E-state index contributed by atoms with van der Waals surface area (Å²) in [6.45, 7) is 14.4. The van der Waals surface area contributed by atoms with Crippen molar-refractivity contribution in [2.24, 2.45) is 17.8 Å². The second-order valence-electron chi connectivity index (χ2n) is 7.06. The molecular weight excluding hydrogens is 340 g/mol. The van der Waals surface area contributed by atoms with Crippen molar-refractivity contribution in [3.8, 4) is 0 Å². The Bertz CT molecular complexity index is 721. The molecule has 7 atom stereocenters. The van der Waals surface area contributed by atoms with E-state index in [1.807, 2.05) is 0 Å². The summed E-state index contributed by atoms with van der Waals surface area (Å²) in [5, 5.41) is 10.8. The van der Waals surface area contributed by atoms with Crippen LogP contribution in [0.3, 0.4) is 0 Å². The summed E-state index contributed by atoms with van der Waals surface area (Å²) >= 11 is 0. The molecule has 26 heavy (non-hydrogen) atoms. The molecule has 1 heterocycles. The summed E-state index contributed by atoms with van der Waals surface area (Å²) in [6.07, 6.45) is -3.12. The number of hydrogen-bond donors (Lipinski definition) is 1. The number of hydrogen-bond acceptors (Lipinski definition) is 7. The van der Waals surface area contributed by atoms with Crippen LogP contribution >= 0.6 is 0 Å². The fraction of sp³-hybridized carbons (Fsp3) is 0.526. The van der Waals surface area contributed by atoms with Crippen LogP contribution in [-0.2, 0) is 28.6 Å². The van der Waals surface area contributed by atoms with Crippen LogP contribution in [0.25, 0.3) is 0 Å². The maximum atomic E-state index is 12.1. The number of rotatable bonds is 2. The van der Waals surface area contributed by atoms with Crippen molar-refractivity contribution < 1.29 is 33.7 Å². The predicted molar refractivity (Wildman–Crippen MR) is 89.5 cm³/mol. The molecule has 0 unspecified atom stereocenters. The van der Waals surface area contributed by atoms with Gasteiger partial charge in [-0.25, -0.2) is 4.79 Å². The zero-order valence-corrected chi connectivity index (χ0v) is 14.8. The van der Waals surface area contributed by atoms with Crippen molar-refractivity contribution >= 4 is 17.9 Å². The van der Waals surface area contributed by atoms with Gasteiger partial charge >= 0.3 is 17.9 Å². The maximum absolute atomic E-state index is 12.1. The Morgan fingerprint density at radius 1 is 1.08 bits per heavy atom. The number of fused-ring (bicyclic) bond motifs is 3. The Labute approximate surface area is 151 Å². The van der Waals surface area contributed by atoms with Crippen LogP contribution in [0.5, 0.6) is 0 Å². The molecule has 1 aliphatic heterocycles. The first-order valence-electron chi connectivity index (χ1n) is 8.43. The number of carbonyl (C=O) groups excluding carboxylic acids is 3. The van der Waals surface area contributed by atoms with E-state index in [4.69, 9.17) is 14.2 Å². The highest BCUT2D eigenvalue weighted by molar-refractivity contribution is 5.91. The van der Waals surface area contributed by atoms with Crippen LogP contribution in [0.15, 0.2) is 36.5 Å². The van der Waals surface area contributed by atoms with Gasteiger partial charge in [-0.2, -0.15) is 0 Å². The first-order valence-corrected chi connectivity index (χ1v) is 8.43. The highest BCUT2D eigenvalue weighted by atomic mass is 16.6. The van der Waals surface area contributed by atoms with Gasteiger partial charge in [-0.05, 0) is 23.5 Å². The minimum Gasteiger partial charge on any atom is -0.458 e. The third kappa shape index (κ3) is 2.76. The number of carbonyl (C=O) groups is 3. The number of esters is 3. The monoisotopic (exact) mass is 362 g/mol. The number of aliphatic hydroxyl groups excluding tert-OH is 1. The van der Waals surface area contributed by atoms with E-state index in [2.05, 4.69) is 19.7 Å². The second-order valence-corrected chi connectivity index (χ2v) is 7.06. The van der Waals surface area contributed by atoms with E-state index in [1.54, 1.807) is 0 Å². The van der Waals surface area contributed by atoms with E-state index in [1.165, 1.54) is 13.8 Å². The number of ether oxygens (including phenoxy) is 3. The zero-order valence-electron chi connectivity index (χ0n) is 14.8. The molecule has 0 spiro atoms. The highest BCUT2D eigenvalue weighted by Crippen LogP contribution is 2.53. The van der Waals surface area contributed by atoms with Gasteiger partial charge < -0.3 is 19.3 Å². The zero-order chi connectivity index (χ0) is 19.3. The molecule has 0 amide bonds. The van der Waals surface area contributed by atoms with Gasteiger partial charge in [0.15, 0.2) is 0 Å². The first-order chi connectivity index (χ1) is 12.1. The molecule has 1 saturated heterocycles. The molecule has 0 aromatic carbocycles. The lowest BCUT2D eigenvalue weighted by Gasteiger charge is -2.28. The quantitative estimate of drug-likeness (QED) is 0.339. The third-order valence-corrected chi connectivity index (χ3v) is 5.48. The van der Waals surface area contributed by atoms with Crippen molar-refractivity contribution in [1.29, 1.82) is 0 Å². The van der Waals surface area contributed by atoms with Crippen molar-refractivity contribution in [1.82, 2.24) is 0 Å². The molecule has 2 saturated carbocycles. The van der Waals surface area contributed by atoms with Gasteiger partial charge in [0.1, 0.15) is 24.4 Å². The van der Waals surface area contributed by atoms with E-state index in [-0.39, 0.29) is 11.5 Å². The fourth-order valence-corrected chi connectivity index (χ4v) is 4.39. The first kappa shape index (κ1) is 18.4. The van der Waals surface area contributed by atoms with E-state index in [0.29, 0.717) is 17.6 Å². The molecular formula is C19H22O7. The topological polar surface area (TPSA) is 99.1 Å². The molecule has 7 heteroatoms. The largest absolute Gasteiger partial charge is 0.458 e. The Morgan fingerprint density at radius 3 is 2.27 bits per heavy atom. The van der Waals surface area contributed by atoms with Crippen LogP contribution in [0.4, 0.5) is 0 Å². The molecule has 2 aliphatic carbocycles. The van der Waals surface area contributed by atoms with Gasteiger partial charge in [0.25, 0.3) is 0 Å². The minimum atomic E-state index is -1.21. The Hall–Kier alpha value is -2.41. The SMILES string of the molecule is C=C1C(=O)O[C@H]2[C@H]1[C@@H](O)[C@H](OC(C)=O)C(=C)[C@@H]1C[C@H](OC(C)=O)C(=C)[C@H]21. The number of aliphatic hydroxyl groups is 1. The summed E-state index contributed by atoms with van der Waals surface area (Å²) in [4.78, 5) is 35.0. The second kappa shape index (κ2) is 6.39. The fourth-order valence-electron chi connectivity index (χ4n) is 4.39. The minimum absolute atomic E-state index is 0.122. The molecule has 0 aromatic rings. The van der Waals surface area contributed by atoms with Crippen LogP contribution < -0.4 is 0 Å². The van der Waals surface area contributed by atoms with Gasteiger partial charge in [-0.15, -0.1) is 0 Å². The van der Waals surface area contributed by atoms with Gasteiger partial charge in [0, 0.05) is 25.3 Å². The maximum Gasteiger partial charge on any atom is 0.334 e. The van der Waals surface area contributed by atoms with E-state index < -0.39 is 54.2 Å². The van der Waals surface area contributed by atoms with E-state index in [0.717, 1.165) is 0 Å². The summed E-state index contributed by atoms with van der Waals surface area (Å²) in [5.74, 6) is -3.11. The normalized spacial score (nSPS) is 39.0. The van der Waals surface area contributed by atoms with Crippen molar-refractivity contribution in [3.63, 3.8) is 0 Å². The molecule has 3 aliphatic rings. The molecule has 3 fully saturated rings. The third-order valence-electron chi connectivity index (χ3n) is 5.48. The van der Waals surface area contributed by atoms with Crippen molar-refractivity contribution in [3.05, 3.63) is 36.5 Å². The molecule has 140 valence electrons. The van der Waals surface area contributed by atoms with Crippen molar-refractivity contribution in [2.45, 2.75) is 44.7 Å². The summed E-state index contributed by atoms with van der Waals surface area (Å²) in [6, 6.07) is 0. The lowest BCUT2D eigenvalue weighted by Crippen LogP contribution is -2.40. The Kier molecular flexibility index (Phi) is 4.52. The van der Waals surface area contributed by atoms with Gasteiger partial charge in [-0.1, -0.05) is 19.7 Å². The van der Waals surface area contributed by atoms with Crippen LogP contribution in [0.2, 0.25) is 0 Å². The van der Waals surface area contributed by atoms with Gasteiger partial charge in [0.05, 0.1) is 5.92 Å². The van der Waals surface area contributed by atoms with E-state index >= 15 is 0 Å². The molecule has 1 N–H and O–H groups in total. The molecule has 7 nitrogen and oxygen atoms in total. The van der Waals surface area contributed by atoms with Crippen molar-refractivity contribution in [2.75, 3.05) is 0 Å². The average molecular weight is 362 g/mol. The average Bonchev–Trinajstić information content (AvgIpc) is 2.98. The van der Waals surface area contributed by atoms with E-state index in [9.17, 15) is 19.5 Å². The molecule has 3 rings (SSSR count). The van der Waals surface area contributed by atoms with Gasteiger partial charge in [0.2, 0.25) is 0 Å². The van der Waals surface area contributed by atoms with Gasteiger partial charge in [-0.3, -0.25) is 9.59 Å². The Balaban J connectivity index is 2.04.